The molecule has 16 heavy (non-hydrogen) atoms. The van der Waals surface area contributed by atoms with Crippen LogP contribution in [-0.2, 0) is 6.54 Å². The predicted octanol–water partition coefficient (Wildman–Crippen LogP) is 4.10. The smallest absolute Gasteiger partial charge is 0.0451 e. The van der Waals surface area contributed by atoms with Gasteiger partial charge in [0.2, 0.25) is 0 Å². The van der Waals surface area contributed by atoms with Crippen LogP contribution in [0.1, 0.15) is 38.7 Å². The lowest BCUT2D eigenvalue weighted by atomic mass is 9.97. The summed E-state index contributed by atoms with van der Waals surface area (Å²) in [7, 11) is 0. The van der Waals surface area contributed by atoms with E-state index in [1.54, 1.807) is 0 Å². The van der Waals surface area contributed by atoms with Gasteiger partial charge >= 0.3 is 0 Å². The molecule has 0 aliphatic carbocycles. The van der Waals surface area contributed by atoms with Gasteiger partial charge in [0, 0.05) is 23.7 Å². The van der Waals surface area contributed by atoms with Crippen LogP contribution in [0.4, 0.5) is 0 Å². The summed E-state index contributed by atoms with van der Waals surface area (Å²) >= 11 is 6.21. The number of nitrogens with zero attached hydrogens (tertiary/aromatic N) is 1. The molecule has 1 aromatic rings. The first-order valence-electron chi connectivity index (χ1n) is 6.17. The summed E-state index contributed by atoms with van der Waals surface area (Å²) in [5, 5.41) is 0.896. The fraction of sp³-hybridized carbons (Fsp3) is 0.571. The Hall–Kier alpha value is -0.530. The van der Waals surface area contributed by atoms with Crippen LogP contribution in [-0.4, -0.2) is 17.0 Å². The van der Waals surface area contributed by atoms with Gasteiger partial charge in [0.15, 0.2) is 0 Å². The fourth-order valence-electron chi connectivity index (χ4n) is 2.61. The van der Waals surface area contributed by atoms with E-state index in [2.05, 4.69) is 30.9 Å². The van der Waals surface area contributed by atoms with E-state index in [0.717, 1.165) is 11.6 Å². The Morgan fingerprint density at radius 3 is 2.44 bits per heavy atom. The van der Waals surface area contributed by atoms with Crippen molar-refractivity contribution in [3.8, 4) is 0 Å². The van der Waals surface area contributed by atoms with E-state index in [4.69, 9.17) is 11.6 Å². The lowest BCUT2D eigenvalue weighted by Crippen LogP contribution is -2.42. The molecule has 1 aliphatic rings. The average Bonchev–Trinajstić information content (AvgIpc) is 2.26. The summed E-state index contributed by atoms with van der Waals surface area (Å²) in [6.45, 7) is 5.64. The molecular formula is C14H20ClN. The van der Waals surface area contributed by atoms with Crippen molar-refractivity contribution >= 4 is 11.6 Å². The Labute approximate surface area is 103 Å². The highest BCUT2D eigenvalue weighted by Gasteiger charge is 2.24. The van der Waals surface area contributed by atoms with E-state index in [9.17, 15) is 0 Å². The van der Waals surface area contributed by atoms with Gasteiger partial charge in [-0.3, -0.25) is 4.90 Å². The predicted molar refractivity (Wildman–Crippen MR) is 69.8 cm³/mol. The minimum absolute atomic E-state index is 0.681. The van der Waals surface area contributed by atoms with Gasteiger partial charge in [0.05, 0.1) is 0 Å². The average molecular weight is 238 g/mol. The third-order valence-corrected chi connectivity index (χ3v) is 4.06. The van der Waals surface area contributed by atoms with Crippen molar-refractivity contribution in [1.82, 2.24) is 4.90 Å². The van der Waals surface area contributed by atoms with Crippen LogP contribution in [0.2, 0.25) is 5.02 Å². The topological polar surface area (TPSA) is 3.24 Å². The van der Waals surface area contributed by atoms with Gasteiger partial charge in [-0.15, -0.1) is 0 Å². The van der Waals surface area contributed by atoms with Gasteiger partial charge in [0.25, 0.3) is 0 Å². The molecule has 0 N–H and O–H groups in total. The number of halogens is 1. The van der Waals surface area contributed by atoms with Gasteiger partial charge < -0.3 is 0 Å². The molecule has 0 bridgehead atoms. The lowest BCUT2D eigenvalue weighted by molar-refractivity contribution is 0.0953. The molecule has 2 atom stereocenters. The van der Waals surface area contributed by atoms with Gasteiger partial charge in [-0.1, -0.05) is 36.2 Å². The molecule has 0 amide bonds. The first kappa shape index (κ1) is 11.9. The molecule has 0 aromatic heterocycles. The second-order valence-electron chi connectivity index (χ2n) is 4.89. The minimum atomic E-state index is 0.681. The first-order valence-corrected chi connectivity index (χ1v) is 6.55. The molecule has 0 radical (unpaired) electrons. The number of hydrogen-bond acceptors (Lipinski definition) is 1. The second-order valence-corrected chi connectivity index (χ2v) is 5.30. The normalized spacial score (nSPS) is 26.9. The maximum atomic E-state index is 6.21. The summed E-state index contributed by atoms with van der Waals surface area (Å²) in [6.07, 6.45) is 3.99. The second kappa shape index (κ2) is 5.20. The number of rotatable bonds is 2. The van der Waals surface area contributed by atoms with Crippen molar-refractivity contribution in [3.63, 3.8) is 0 Å². The molecule has 2 unspecified atom stereocenters. The van der Waals surface area contributed by atoms with E-state index in [-0.39, 0.29) is 0 Å². The molecule has 2 heteroatoms. The van der Waals surface area contributed by atoms with Crippen molar-refractivity contribution in [2.45, 2.75) is 51.7 Å². The van der Waals surface area contributed by atoms with E-state index in [0.29, 0.717) is 12.1 Å². The van der Waals surface area contributed by atoms with Crippen molar-refractivity contribution in [2.75, 3.05) is 0 Å². The number of hydrogen-bond donors (Lipinski definition) is 0. The van der Waals surface area contributed by atoms with Crippen LogP contribution >= 0.6 is 11.6 Å². The van der Waals surface area contributed by atoms with Crippen LogP contribution in [0.15, 0.2) is 24.3 Å². The van der Waals surface area contributed by atoms with Crippen molar-refractivity contribution < 1.29 is 0 Å². The zero-order valence-electron chi connectivity index (χ0n) is 10.1. The van der Waals surface area contributed by atoms with Crippen LogP contribution in [0.25, 0.3) is 0 Å². The molecule has 1 saturated heterocycles. The highest BCUT2D eigenvalue weighted by molar-refractivity contribution is 6.31. The van der Waals surface area contributed by atoms with Gasteiger partial charge in [0.1, 0.15) is 0 Å². The van der Waals surface area contributed by atoms with Crippen LogP contribution in [0.5, 0.6) is 0 Å². The van der Waals surface area contributed by atoms with E-state index in [1.165, 1.54) is 24.8 Å². The highest BCUT2D eigenvalue weighted by atomic mass is 35.5. The molecule has 1 fully saturated rings. The largest absolute Gasteiger partial charge is 0.294 e. The first-order chi connectivity index (χ1) is 7.68. The SMILES string of the molecule is CC1CCCC(C)N1Cc1ccccc1Cl. The molecule has 88 valence electrons. The Morgan fingerprint density at radius 2 is 1.81 bits per heavy atom. The lowest BCUT2D eigenvalue weighted by Gasteiger charge is -2.39. The maximum Gasteiger partial charge on any atom is 0.0451 e. The molecule has 1 aromatic carbocycles. The monoisotopic (exact) mass is 237 g/mol. The van der Waals surface area contributed by atoms with E-state index < -0.39 is 0 Å². The van der Waals surface area contributed by atoms with Crippen LogP contribution in [0.3, 0.4) is 0 Å². The van der Waals surface area contributed by atoms with Crippen molar-refractivity contribution in [1.29, 1.82) is 0 Å². The van der Waals surface area contributed by atoms with Gasteiger partial charge in [-0.2, -0.15) is 0 Å². The van der Waals surface area contributed by atoms with Crippen molar-refractivity contribution in [2.24, 2.45) is 0 Å². The molecular weight excluding hydrogens is 218 g/mol. The molecule has 0 spiro atoms. The number of likely N-dealkylation sites (tertiary alicyclic amines) is 1. The van der Waals surface area contributed by atoms with Crippen LogP contribution < -0.4 is 0 Å². The zero-order chi connectivity index (χ0) is 11.5. The van der Waals surface area contributed by atoms with Gasteiger partial charge in [-0.05, 0) is 38.3 Å². The molecule has 1 aliphatic heterocycles. The standard InChI is InChI=1S/C14H20ClN/c1-11-6-5-7-12(2)16(11)10-13-8-3-4-9-14(13)15/h3-4,8-9,11-12H,5-7,10H2,1-2H3. The fourth-order valence-corrected chi connectivity index (χ4v) is 2.81. The summed E-state index contributed by atoms with van der Waals surface area (Å²) < 4.78 is 0. The molecule has 1 nitrogen and oxygen atoms in total. The van der Waals surface area contributed by atoms with Gasteiger partial charge in [-0.25, -0.2) is 0 Å². The summed E-state index contributed by atoms with van der Waals surface area (Å²) in [5.41, 5.74) is 1.25. The molecule has 2 rings (SSSR count). The quantitative estimate of drug-likeness (QED) is 0.749. The third-order valence-electron chi connectivity index (χ3n) is 3.69. The summed E-state index contributed by atoms with van der Waals surface area (Å²) in [5.74, 6) is 0. The zero-order valence-corrected chi connectivity index (χ0v) is 10.9. The number of piperidine rings is 1. The van der Waals surface area contributed by atoms with E-state index >= 15 is 0 Å². The Bertz CT molecular complexity index is 340. The molecule has 1 heterocycles. The minimum Gasteiger partial charge on any atom is -0.294 e. The van der Waals surface area contributed by atoms with E-state index in [1.807, 2.05) is 12.1 Å². The Morgan fingerprint density at radius 1 is 1.19 bits per heavy atom. The number of benzene rings is 1. The maximum absolute atomic E-state index is 6.21. The highest BCUT2D eigenvalue weighted by Crippen LogP contribution is 2.26. The Balaban J connectivity index is 2.11. The summed E-state index contributed by atoms with van der Waals surface area (Å²) in [4.78, 5) is 2.57. The van der Waals surface area contributed by atoms with Crippen LogP contribution in [0, 0.1) is 0 Å². The molecule has 0 saturated carbocycles. The third kappa shape index (κ3) is 2.58. The van der Waals surface area contributed by atoms with Crippen molar-refractivity contribution in [3.05, 3.63) is 34.9 Å². The summed E-state index contributed by atoms with van der Waals surface area (Å²) in [6, 6.07) is 9.54. The Kier molecular flexibility index (Phi) is 3.88.